The molecule has 0 aliphatic rings. The number of hydrogen-bond acceptors (Lipinski definition) is 10. The fraction of sp³-hybridized carbons (Fsp3) is 0.192. The van der Waals surface area contributed by atoms with Gasteiger partial charge in [0.15, 0.2) is 15.1 Å². The van der Waals surface area contributed by atoms with Crippen LogP contribution in [0.15, 0.2) is 71.1 Å². The molecule has 41 heavy (non-hydrogen) atoms. The van der Waals surface area contributed by atoms with Crippen LogP contribution in [0.5, 0.6) is 0 Å². The molecule has 3 aromatic carbocycles. The summed E-state index contributed by atoms with van der Waals surface area (Å²) >= 11 is 1.13. The van der Waals surface area contributed by atoms with Crippen LogP contribution in [0.3, 0.4) is 0 Å². The van der Waals surface area contributed by atoms with Crippen molar-refractivity contribution in [3.63, 3.8) is 0 Å². The molecule has 214 valence electrons. The van der Waals surface area contributed by atoms with Crippen LogP contribution in [0.4, 0.5) is 4.39 Å². The molecule has 0 bridgehead atoms. The van der Waals surface area contributed by atoms with Crippen molar-refractivity contribution in [1.82, 2.24) is 19.9 Å². The molecule has 1 atom stereocenters. The number of benzene rings is 3. The van der Waals surface area contributed by atoms with Crippen LogP contribution in [-0.4, -0.2) is 39.1 Å². The third-order valence-electron chi connectivity index (χ3n) is 6.03. The zero-order valence-corrected chi connectivity index (χ0v) is 24.0. The van der Waals surface area contributed by atoms with Gasteiger partial charge in [-0.1, -0.05) is 48.5 Å². The van der Waals surface area contributed by atoms with E-state index in [0.717, 1.165) is 28.0 Å². The molecule has 1 unspecified atom stereocenters. The van der Waals surface area contributed by atoms with E-state index in [9.17, 15) is 21.2 Å². The SMILES string of the molecule is COCc1ccc(-c2ccc3nc(C(c4nnc(CNS(N)(=O)=O)o4)S(=O)(=O)Cc4ccccc4F)sc3c2)cc1. The molecule has 0 fully saturated rings. The fourth-order valence-electron chi connectivity index (χ4n) is 4.13. The van der Waals surface area contributed by atoms with Crippen LogP contribution in [0.2, 0.25) is 0 Å². The van der Waals surface area contributed by atoms with E-state index in [4.69, 9.17) is 14.3 Å². The van der Waals surface area contributed by atoms with Crippen molar-refractivity contribution in [1.29, 1.82) is 0 Å². The molecule has 0 amide bonds. The number of nitrogens with two attached hydrogens (primary N) is 1. The third kappa shape index (κ3) is 6.83. The van der Waals surface area contributed by atoms with Crippen LogP contribution in [0, 0.1) is 5.82 Å². The second-order valence-corrected chi connectivity index (χ2v) is 13.6. The first-order valence-corrected chi connectivity index (χ1v) is 16.1. The second kappa shape index (κ2) is 11.7. The Labute approximate surface area is 239 Å². The van der Waals surface area contributed by atoms with Gasteiger partial charge in [0, 0.05) is 12.7 Å². The molecule has 2 aromatic heterocycles. The van der Waals surface area contributed by atoms with Gasteiger partial charge >= 0.3 is 0 Å². The predicted molar refractivity (Wildman–Crippen MR) is 151 cm³/mol. The van der Waals surface area contributed by atoms with Crippen LogP contribution in [0.25, 0.3) is 21.3 Å². The minimum Gasteiger partial charge on any atom is -0.422 e. The lowest BCUT2D eigenvalue weighted by Crippen LogP contribution is -2.30. The molecule has 3 N–H and O–H groups in total. The monoisotopic (exact) mass is 617 g/mol. The van der Waals surface area contributed by atoms with Gasteiger partial charge in [0.25, 0.3) is 10.2 Å². The maximum Gasteiger partial charge on any atom is 0.274 e. The Kier molecular flexibility index (Phi) is 8.26. The van der Waals surface area contributed by atoms with Crippen LogP contribution < -0.4 is 9.86 Å². The Morgan fingerprint density at radius 3 is 2.46 bits per heavy atom. The van der Waals surface area contributed by atoms with Gasteiger partial charge < -0.3 is 9.15 Å². The van der Waals surface area contributed by atoms with Gasteiger partial charge in [-0.25, -0.2) is 22.9 Å². The lowest BCUT2D eigenvalue weighted by atomic mass is 10.0. The molecule has 0 saturated carbocycles. The summed E-state index contributed by atoms with van der Waals surface area (Å²) in [6.45, 7) is 0.0496. The highest BCUT2D eigenvalue weighted by atomic mass is 32.2. The summed E-state index contributed by atoms with van der Waals surface area (Å²) in [7, 11) is -6.65. The molecule has 0 spiro atoms. The summed E-state index contributed by atoms with van der Waals surface area (Å²) in [6, 6.07) is 19.0. The van der Waals surface area contributed by atoms with Gasteiger partial charge in [-0.2, -0.15) is 13.1 Å². The molecule has 0 radical (unpaired) electrons. The number of fused-ring (bicyclic) bond motifs is 1. The van der Waals surface area contributed by atoms with Crippen molar-refractivity contribution < 1.29 is 30.4 Å². The molecular weight excluding hydrogens is 594 g/mol. The molecule has 0 aliphatic carbocycles. The Bertz CT molecular complexity index is 1910. The van der Waals surface area contributed by atoms with Gasteiger partial charge in [-0.05, 0) is 34.9 Å². The molecular formula is C26H24FN5O6S3. The van der Waals surface area contributed by atoms with Crippen LogP contribution in [-0.2, 0) is 43.7 Å². The van der Waals surface area contributed by atoms with E-state index in [1.54, 1.807) is 13.2 Å². The summed E-state index contributed by atoms with van der Waals surface area (Å²) in [6.07, 6.45) is 0. The topological polar surface area (TPSA) is 167 Å². The quantitative estimate of drug-likeness (QED) is 0.225. The number of nitrogens with one attached hydrogen (secondary N) is 1. The van der Waals surface area contributed by atoms with E-state index >= 15 is 0 Å². The van der Waals surface area contributed by atoms with Crippen molar-refractivity contribution in [2.45, 2.75) is 24.2 Å². The lowest BCUT2D eigenvalue weighted by molar-refractivity contribution is 0.185. The smallest absolute Gasteiger partial charge is 0.274 e. The molecule has 15 heteroatoms. The van der Waals surface area contributed by atoms with Gasteiger partial charge in [0.2, 0.25) is 11.8 Å². The number of hydrogen-bond donors (Lipinski definition) is 2. The zero-order valence-electron chi connectivity index (χ0n) is 21.5. The Morgan fingerprint density at radius 2 is 1.76 bits per heavy atom. The number of thiazole rings is 1. The Hall–Kier alpha value is -3.60. The summed E-state index contributed by atoms with van der Waals surface area (Å²) in [5.74, 6) is -1.88. The van der Waals surface area contributed by atoms with Crippen LogP contribution >= 0.6 is 11.3 Å². The Morgan fingerprint density at radius 1 is 1.02 bits per heavy atom. The number of rotatable bonds is 11. The first-order valence-electron chi connectivity index (χ1n) is 12.1. The fourth-order valence-corrected chi connectivity index (χ4v) is 7.62. The number of nitrogens with zero attached hydrogens (tertiary/aromatic N) is 3. The highest BCUT2D eigenvalue weighted by molar-refractivity contribution is 7.91. The second-order valence-electron chi connectivity index (χ2n) is 9.04. The number of sulfone groups is 1. The van der Waals surface area contributed by atoms with E-state index in [-0.39, 0.29) is 22.4 Å². The van der Waals surface area contributed by atoms with E-state index < -0.39 is 43.4 Å². The molecule has 5 rings (SSSR count). The first kappa shape index (κ1) is 28.9. The van der Waals surface area contributed by atoms with Crippen molar-refractivity contribution in [2.24, 2.45) is 5.14 Å². The third-order valence-corrected chi connectivity index (χ3v) is 9.67. The first-order chi connectivity index (χ1) is 19.5. The highest BCUT2D eigenvalue weighted by Gasteiger charge is 2.37. The molecule has 11 nitrogen and oxygen atoms in total. The lowest BCUT2D eigenvalue weighted by Gasteiger charge is -2.12. The zero-order chi connectivity index (χ0) is 29.2. The van der Waals surface area contributed by atoms with Gasteiger partial charge in [0.1, 0.15) is 10.8 Å². The predicted octanol–water partition coefficient (Wildman–Crippen LogP) is 3.63. The average Bonchev–Trinajstić information content (AvgIpc) is 3.55. The van der Waals surface area contributed by atoms with Gasteiger partial charge in [-0.3, -0.25) is 0 Å². The number of methoxy groups -OCH3 is 1. The van der Waals surface area contributed by atoms with Crippen LogP contribution in [0.1, 0.15) is 33.2 Å². The highest BCUT2D eigenvalue weighted by Crippen LogP contribution is 2.38. The molecule has 0 aliphatic heterocycles. The maximum absolute atomic E-state index is 14.4. The van der Waals surface area contributed by atoms with E-state index in [0.29, 0.717) is 16.8 Å². The van der Waals surface area contributed by atoms with E-state index in [2.05, 4.69) is 15.2 Å². The Balaban J connectivity index is 1.54. The molecule has 0 saturated heterocycles. The standard InChI is InChI=1S/C26H24FN5O6S3/c1-37-14-16-6-8-17(9-7-16)18-10-11-21-22(12-18)39-26(30-21)24(25-32-31-23(38-25)13-29-41(28,35)36)40(33,34)15-19-4-2-3-5-20(19)27/h2-12,24,29H,13-15H2,1H3,(H2,28,35,36). The van der Waals surface area contributed by atoms with E-state index in [1.165, 1.54) is 24.3 Å². The van der Waals surface area contributed by atoms with E-state index in [1.807, 2.05) is 41.1 Å². The summed E-state index contributed by atoms with van der Waals surface area (Å²) in [5, 5.41) is 11.2. The number of halogens is 1. The largest absolute Gasteiger partial charge is 0.422 e. The minimum absolute atomic E-state index is 0.0338. The number of aromatic nitrogens is 3. The minimum atomic E-state index is -4.22. The van der Waals surface area contributed by atoms with Crippen molar-refractivity contribution in [2.75, 3.05) is 7.11 Å². The number of ether oxygens (including phenoxy) is 1. The van der Waals surface area contributed by atoms with Crippen molar-refractivity contribution in [3.8, 4) is 11.1 Å². The van der Waals surface area contributed by atoms with Crippen molar-refractivity contribution in [3.05, 3.63) is 100 Å². The molecule has 2 heterocycles. The van der Waals surface area contributed by atoms with Crippen molar-refractivity contribution >= 4 is 41.6 Å². The summed E-state index contributed by atoms with van der Waals surface area (Å²) in [5.41, 5.74) is 3.39. The van der Waals surface area contributed by atoms with Gasteiger partial charge in [0.05, 0.1) is 29.1 Å². The maximum atomic E-state index is 14.4. The van der Waals surface area contributed by atoms with Gasteiger partial charge in [-0.15, -0.1) is 21.5 Å². The normalized spacial score (nSPS) is 13.0. The summed E-state index contributed by atoms with van der Waals surface area (Å²) < 4.78 is 77.9. The summed E-state index contributed by atoms with van der Waals surface area (Å²) in [4.78, 5) is 4.56. The average molecular weight is 618 g/mol. The molecule has 5 aromatic rings.